The van der Waals surface area contributed by atoms with Crippen molar-refractivity contribution < 1.29 is 14.1 Å². The van der Waals surface area contributed by atoms with Gasteiger partial charge in [-0.15, -0.1) is 0 Å². The molecule has 1 aromatic heterocycles. The van der Waals surface area contributed by atoms with Gasteiger partial charge >= 0.3 is 5.88 Å². The van der Waals surface area contributed by atoms with Crippen LogP contribution in [-0.4, -0.2) is 11.5 Å². The van der Waals surface area contributed by atoms with Crippen LogP contribution >= 0.6 is 0 Å². The van der Waals surface area contributed by atoms with Crippen LogP contribution in [0.25, 0.3) is 0 Å². The van der Waals surface area contributed by atoms with Crippen LogP contribution in [0.1, 0.15) is 23.8 Å². The Kier molecular flexibility index (Phi) is 5.48. The second kappa shape index (κ2) is 7.56. The van der Waals surface area contributed by atoms with Gasteiger partial charge < -0.3 is 14.5 Å². The highest BCUT2D eigenvalue weighted by molar-refractivity contribution is 5.26. The lowest BCUT2D eigenvalue weighted by Crippen LogP contribution is -2.14. The van der Waals surface area contributed by atoms with Crippen LogP contribution < -0.4 is 5.32 Å². The zero-order valence-corrected chi connectivity index (χ0v) is 11.9. The van der Waals surface area contributed by atoms with Crippen LogP contribution in [0.2, 0.25) is 0 Å². The highest BCUT2D eigenvalue weighted by atomic mass is 16.6. The van der Waals surface area contributed by atoms with Gasteiger partial charge in [0.05, 0.1) is 19.2 Å². The molecular formula is C15H18N2O4. The number of furan rings is 1. The molecule has 2 aromatic rings. The molecule has 0 radical (unpaired) electrons. The largest absolute Gasteiger partial charge is 0.433 e. The third-order valence-electron chi connectivity index (χ3n) is 3.02. The maximum absolute atomic E-state index is 10.5. The molecule has 0 aliphatic rings. The summed E-state index contributed by atoms with van der Waals surface area (Å²) in [6.45, 7) is 4.32. The van der Waals surface area contributed by atoms with Crippen molar-refractivity contribution in [3.8, 4) is 0 Å². The fourth-order valence-electron chi connectivity index (χ4n) is 1.96. The summed E-state index contributed by atoms with van der Waals surface area (Å²) in [5.74, 6) is 0.313. The average Bonchev–Trinajstić information content (AvgIpc) is 2.95. The molecule has 0 fully saturated rings. The number of rotatable bonds is 8. The summed E-state index contributed by atoms with van der Waals surface area (Å²) >= 11 is 0. The van der Waals surface area contributed by atoms with E-state index in [9.17, 15) is 10.1 Å². The minimum absolute atomic E-state index is 0.233. The van der Waals surface area contributed by atoms with Crippen LogP contribution in [-0.2, 0) is 24.4 Å². The Labute approximate surface area is 122 Å². The Balaban J connectivity index is 1.89. The van der Waals surface area contributed by atoms with Gasteiger partial charge in [0.15, 0.2) is 0 Å². The van der Waals surface area contributed by atoms with Gasteiger partial charge in [0, 0.05) is 13.2 Å². The van der Waals surface area contributed by atoms with Crippen molar-refractivity contribution in [1.82, 2.24) is 5.32 Å². The number of nitrogens with zero attached hydrogens (tertiary/aromatic N) is 1. The molecule has 0 saturated heterocycles. The molecule has 0 amide bonds. The molecular weight excluding hydrogens is 272 g/mol. The molecule has 0 bridgehead atoms. The number of benzene rings is 1. The summed E-state index contributed by atoms with van der Waals surface area (Å²) in [6, 6.07) is 11.0. The van der Waals surface area contributed by atoms with Gasteiger partial charge in [-0.3, -0.25) is 10.1 Å². The van der Waals surface area contributed by atoms with E-state index >= 15 is 0 Å². The Morgan fingerprint density at radius 3 is 2.62 bits per heavy atom. The van der Waals surface area contributed by atoms with E-state index in [-0.39, 0.29) is 5.88 Å². The molecule has 0 saturated carbocycles. The Hall–Kier alpha value is -2.18. The molecule has 6 heteroatoms. The Morgan fingerprint density at radius 1 is 1.19 bits per heavy atom. The van der Waals surface area contributed by atoms with Crippen molar-refractivity contribution in [2.24, 2.45) is 0 Å². The van der Waals surface area contributed by atoms with E-state index in [0.717, 1.165) is 11.1 Å². The van der Waals surface area contributed by atoms with Crippen molar-refractivity contribution in [3.63, 3.8) is 0 Å². The van der Waals surface area contributed by atoms with Crippen molar-refractivity contribution in [3.05, 3.63) is 63.4 Å². The third-order valence-corrected chi connectivity index (χ3v) is 3.02. The van der Waals surface area contributed by atoms with Crippen LogP contribution in [0, 0.1) is 10.1 Å². The van der Waals surface area contributed by atoms with E-state index in [1.807, 2.05) is 31.2 Å². The van der Waals surface area contributed by atoms with E-state index in [4.69, 9.17) is 9.15 Å². The standard InChI is InChI=1S/C15H18N2O4/c1-2-20-11-13-6-4-3-5-12(13)9-16-10-14-7-8-15(21-14)17(18)19/h3-8,16H,2,9-11H2,1H3. The second-order valence-electron chi connectivity index (χ2n) is 4.51. The van der Waals surface area contributed by atoms with Crippen LogP contribution in [0.4, 0.5) is 5.88 Å². The third kappa shape index (κ3) is 4.40. The van der Waals surface area contributed by atoms with Crippen LogP contribution in [0.15, 0.2) is 40.8 Å². The molecule has 1 heterocycles. The molecule has 0 atom stereocenters. The summed E-state index contributed by atoms with van der Waals surface area (Å²) < 4.78 is 10.5. The summed E-state index contributed by atoms with van der Waals surface area (Å²) in [5.41, 5.74) is 2.28. The fraction of sp³-hybridized carbons (Fsp3) is 0.333. The summed E-state index contributed by atoms with van der Waals surface area (Å²) in [6.07, 6.45) is 0. The van der Waals surface area contributed by atoms with Gasteiger partial charge in [-0.05, 0) is 24.1 Å². The maximum atomic E-state index is 10.5. The number of nitrogens with one attached hydrogen (secondary N) is 1. The number of hydrogen-bond acceptors (Lipinski definition) is 5. The zero-order valence-electron chi connectivity index (χ0n) is 11.9. The molecule has 0 aliphatic heterocycles. The first-order chi connectivity index (χ1) is 10.2. The summed E-state index contributed by atoms with van der Waals surface area (Å²) in [7, 11) is 0. The van der Waals surface area contributed by atoms with Crippen molar-refractivity contribution in [1.29, 1.82) is 0 Å². The van der Waals surface area contributed by atoms with E-state index in [1.54, 1.807) is 6.07 Å². The van der Waals surface area contributed by atoms with Gasteiger partial charge in [0.25, 0.3) is 0 Å². The van der Waals surface area contributed by atoms with Gasteiger partial charge in [0.1, 0.15) is 10.7 Å². The highest BCUT2D eigenvalue weighted by Gasteiger charge is 2.11. The topological polar surface area (TPSA) is 77.5 Å². The molecule has 2 rings (SSSR count). The molecule has 0 aliphatic carbocycles. The molecule has 112 valence electrons. The minimum atomic E-state index is -0.541. The second-order valence-corrected chi connectivity index (χ2v) is 4.51. The fourth-order valence-corrected chi connectivity index (χ4v) is 1.96. The van der Waals surface area contributed by atoms with E-state index < -0.39 is 4.92 Å². The smallest absolute Gasteiger partial charge is 0.404 e. The maximum Gasteiger partial charge on any atom is 0.433 e. The van der Waals surface area contributed by atoms with Crippen molar-refractivity contribution >= 4 is 5.88 Å². The number of hydrogen-bond donors (Lipinski definition) is 1. The van der Waals surface area contributed by atoms with Gasteiger partial charge in [0.2, 0.25) is 0 Å². The van der Waals surface area contributed by atoms with Crippen LogP contribution in [0.5, 0.6) is 0 Å². The normalized spacial score (nSPS) is 10.7. The SMILES string of the molecule is CCOCc1ccccc1CNCc1ccc([N+](=O)[O-])o1. The first-order valence-electron chi connectivity index (χ1n) is 6.79. The molecule has 6 nitrogen and oxygen atoms in total. The van der Waals surface area contributed by atoms with Gasteiger partial charge in [-0.1, -0.05) is 24.3 Å². The zero-order chi connectivity index (χ0) is 15.1. The Bertz CT molecular complexity index is 595. The quantitative estimate of drug-likeness (QED) is 0.597. The van der Waals surface area contributed by atoms with Gasteiger partial charge in [-0.25, -0.2) is 0 Å². The molecule has 0 unspecified atom stereocenters. The number of ether oxygens (including phenoxy) is 1. The average molecular weight is 290 g/mol. The van der Waals surface area contributed by atoms with E-state index in [0.29, 0.717) is 32.1 Å². The first kappa shape index (κ1) is 15.2. The molecule has 0 spiro atoms. The first-order valence-corrected chi connectivity index (χ1v) is 6.79. The Morgan fingerprint density at radius 2 is 1.95 bits per heavy atom. The van der Waals surface area contributed by atoms with Crippen LogP contribution in [0.3, 0.4) is 0 Å². The predicted molar refractivity (Wildman–Crippen MR) is 77.7 cm³/mol. The molecule has 1 aromatic carbocycles. The molecule has 1 N–H and O–H groups in total. The summed E-state index contributed by atoms with van der Waals surface area (Å²) in [5, 5.41) is 13.7. The lowest BCUT2D eigenvalue weighted by Gasteiger charge is -2.10. The lowest BCUT2D eigenvalue weighted by molar-refractivity contribution is -0.402. The molecule has 21 heavy (non-hydrogen) atoms. The van der Waals surface area contributed by atoms with E-state index in [1.165, 1.54) is 6.07 Å². The lowest BCUT2D eigenvalue weighted by atomic mass is 10.1. The predicted octanol–water partition coefficient (Wildman–Crippen LogP) is 3.01. The highest BCUT2D eigenvalue weighted by Crippen LogP contribution is 2.16. The van der Waals surface area contributed by atoms with Crippen molar-refractivity contribution in [2.75, 3.05) is 6.61 Å². The number of nitro groups is 1. The minimum Gasteiger partial charge on any atom is -0.404 e. The monoisotopic (exact) mass is 290 g/mol. The van der Waals surface area contributed by atoms with E-state index in [2.05, 4.69) is 5.32 Å². The van der Waals surface area contributed by atoms with Crippen molar-refractivity contribution in [2.45, 2.75) is 26.6 Å². The van der Waals surface area contributed by atoms with Gasteiger partial charge in [-0.2, -0.15) is 0 Å². The summed E-state index contributed by atoms with van der Waals surface area (Å²) in [4.78, 5) is 9.99.